The Morgan fingerprint density at radius 3 is 2.10 bits per heavy atom. The molecule has 0 aliphatic carbocycles. The number of urea groups is 1. The second kappa shape index (κ2) is 10.8. The van der Waals surface area contributed by atoms with Crippen LogP contribution in [0.15, 0.2) is 70.5 Å². The van der Waals surface area contributed by atoms with E-state index in [0.29, 0.717) is 34.9 Å². The van der Waals surface area contributed by atoms with Crippen LogP contribution in [-0.2, 0) is 20.2 Å². The van der Waals surface area contributed by atoms with Crippen molar-refractivity contribution in [2.45, 2.75) is 29.2 Å². The maximum absolute atomic E-state index is 13.9. The number of amides is 3. The number of fused-ring (bicyclic) bond motifs is 1. The number of rotatable bonds is 7. The van der Waals surface area contributed by atoms with Gasteiger partial charge in [0.2, 0.25) is 9.84 Å². The van der Waals surface area contributed by atoms with Crippen molar-refractivity contribution in [1.82, 2.24) is 9.80 Å². The van der Waals surface area contributed by atoms with Crippen LogP contribution in [0.4, 0.5) is 16.2 Å². The Hall–Kier alpha value is -3.11. The highest BCUT2D eigenvalue weighted by molar-refractivity contribution is 7.91. The maximum atomic E-state index is 13.9. The molecule has 1 aliphatic rings. The predicted molar refractivity (Wildman–Crippen MR) is 155 cm³/mol. The molecule has 0 bridgehead atoms. The molecule has 11 heteroatoms. The highest BCUT2D eigenvalue weighted by atomic mass is 35.5. The predicted octanol–water partition coefficient (Wildman–Crippen LogP) is 5.48. The Morgan fingerprint density at radius 1 is 0.923 bits per heavy atom. The molecule has 0 spiro atoms. The van der Waals surface area contributed by atoms with E-state index in [1.165, 1.54) is 23.1 Å². The van der Waals surface area contributed by atoms with E-state index in [-0.39, 0.29) is 26.5 Å². The molecular formula is C28H30Cl2N4O4S. The summed E-state index contributed by atoms with van der Waals surface area (Å²) >= 11 is 13.0. The molecule has 3 amide bonds. The van der Waals surface area contributed by atoms with Gasteiger partial charge in [-0.3, -0.25) is 14.6 Å². The van der Waals surface area contributed by atoms with Crippen LogP contribution in [0.3, 0.4) is 0 Å². The van der Waals surface area contributed by atoms with Gasteiger partial charge in [-0.15, -0.1) is 0 Å². The number of hydrogen-bond acceptors (Lipinski definition) is 5. The van der Waals surface area contributed by atoms with Crippen molar-refractivity contribution < 1.29 is 18.0 Å². The van der Waals surface area contributed by atoms with E-state index in [1.54, 1.807) is 73.4 Å². The average Bonchev–Trinajstić information content (AvgIpc) is 3.20. The zero-order valence-corrected chi connectivity index (χ0v) is 24.7. The number of carbonyl (C=O) groups excluding carboxylic acids is 2. The first-order valence-electron chi connectivity index (χ1n) is 12.4. The van der Waals surface area contributed by atoms with E-state index in [4.69, 9.17) is 23.2 Å². The fourth-order valence-corrected chi connectivity index (χ4v) is 7.05. The number of benzene rings is 3. The lowest BCUT2D eigenvalue weighted by Crippen LogP contribution is -2.48. The number of hydrogen-bond donors (Lipinski definition) is 1. The summed E-state index contributed by atoms with van der Waals surface area (Å²) in [5, 5.41) is 3.32. The van der Waals surface area contributed by atoms with E-state index in [9.17, 15) is 18.0 Å². The molecule has 1 aliphatic heterocycles. The Morgan fingerprint density at radius 2 is 1.54 bits per heavy atom. The minimum atomic E-state index is -4.13. The monoisotopic (exact) mass is 588 g/mol. The molecule has 39 heavy (non-hydrogen) atoms. The van der Waals surface area contributed by atoms with Crippen molar-refractivity contribution in [3.63, 3.8) is 0 Å². The third-order valence-corrected chi connectivity index (χ3v) is 9.44. The standard InChI is InChI=1S/C28H30Cl2N4O4S/c1-6-34(7-2)27(36)33(5)19-12-14-20(15-13-19)39(37,38)24-17-18(29)16-22-25(24)31-26(35)28(22,32(3)4)21-10-8-9-11-23(21)30/h8-17H,6-7H2,1-5H3,(H,31,35). The molecular weight excluding hydrogens is 559 g/mol. The van der Waals surface area contributed by atoms with E-state index >= 15 is 0 Å². The smallest absolute Gasteiger partial charge is 0.324 e. The lowest BCUT2D eigenvalue weighted by atomic mass is 9.82. The fourth-order valence-electron chi connectivity index (χ4n) is 5.03. The molecule has 0 radical (unpaired) electrons. The summed E-state index contributed by atoms with van der Waals surface area (Å²) in [6.07, 6.45) is 0. The van der Waals surface area contributed by atoms with Crippen molar-refractivity contribution in [1.29, 1.82) is 0 Å². The van der Waals surface area contributed by atoms with Crippen molar-refractivity contribution in [3.05, 3.63) is 81.8 Å². The van der Waals surface area contributed by atoms with Gasteiger partial charge in [-0.2, -0.15) is 0 Å². The summed E-state index contributed by atoms with van der Waals surface area (Å²) in [6.45, 7) is 4.90. The second-order valence-electron chi connectivity index (χ2n) is 9.38. The molecule has 0 saturated heterocycles. The topological polar surface area (TPSA) is 90.0 Å². The van der Waals surface area contributed by atoms with Gasteiger partial charge in [0.1, 0.15) is 0 Å². The summed E-state index contributed by atoms with van der Waals surface area (Å²) in [5.74, 6) is -0.443. The summed E-state index contributed by atoms with van der Waals surface area (Å²) in [4.78, 5) is 31.1. The SMILES string of the molecule is CCN(CC)C(=O)N(C)c1ccc(S(=O)(=O)c2cc(Cl)cc3c2NC(=O)C3(c2ccccc2Cl)N(C)C)cc1. The molecule has 3 aromatic rings. The first kappa shape index (κ1) is 28.9. The molecule has 0 saturated carbocycles. The molecule has 1 unspecified atom stereocenters. The Balaban J connectivity index is 1.83. The van der Waals surface area contributed by atoms with Gasteiger partial charge in [0.05, 0.1) is 15.5 Å². The van der Waals surface area contributed by atoms with Gasteiger partial charge >= 0.3 is 6.03 Å². The average molecular weight is 590 g/mol. The number of sulfone groups is 1. The zero-order valence-electron chi connectivity index (χ0n) is 22.3. The number of carbonyl (C=O) groups is 2. The number of halogens is 2. The zero-order chi connectivity index (χ0) is 28.7. The highest BCUT2D eigenvalue weighted by Crippen LogP contribution is 2.50. The Kier molecular flexibility index (Phi) is 8.01. The number of nitrogens with one attached hydrogen (secondary N) is 1. The van der Waals surface area contributed by atoms with Crippen LogP contribution in [0.1, 0.15) is 25.0 Å². The number of likely N-dealkylation sites (N-methyl/N-ethyl adjacent to an activating group) is 1. The van der Waals surface area contributed by atoms with Gasteiger partial charge < -0.3 is 10.2 Å². The second-order valence-corrected chi connectivity index (χ2v) is 12.1. The van der Waals surface area contributed by atoms with Gasteiger partial charge in [0.25, 0.3) is 5.91 Å². The summed E-state index contributed by atoms with van der Waals surface area (Å²) in [6, 6.07) is 15.7. The van der Waals surface area contributed by atoms with E-state index in [2.05, 4.69) is 5.32 Å². The molecule has 0 fully saturated rings. The van der Waals surface area contributed by atoms with Gasteiger partial charge in [0, 0.05) is 47.0 Å². The van der Waals surface area contributed by atoms with Crippen LogP contribution in [-0.4, -0.2) is 64.4 Å². The molecule has 1 N–H and O–H groups in total. The first-order chi connectivity index (χ1) is 18.4. The molecule has 206 valence electrons. The van der Waals surface area contributed by atoms with Crippen LogP contribution >= 0.6 is 23.2 Å². The van der Waals surface area contributed by atoms with Crippen LogP contribution in [0.2, 0.25) is 10.0 Å². The van der Waals surface area contributed by atoms with Crippen LogP contribution in [0.5, 0.6) is 0 Å². The normalized spacial score (nSPS) is 16.7. The number of anilines is 2. The fraction of sp³-hybridized carbons (Fsp3) is 0.286. The minimum Gasteiger partial charge on any atom is -0.325 e. The third kappa shape index (κ3) is 4.67. The lowest BCUT2D eigenvalue weighted by molar-refractivity contribution is -0.123. The van der Waals surface area contributed by atoms with Crippen molar-refractivity contribution >= 4 is 56.4 Å². The Labute approximate surface area is 239 Å². The highest BCUT2D eigenvalue weighted by Gasteiger charge is 2.53. The third-order valence-electron chi connectivity index (χ3n) is 7.10. The van der Waals surface area contributed by atoms with Crippen molar-refractivity contribution in [2.75, 3.05) is 44.4 Å². The maximum Gasteiger partial charge on any atom is 0.324 e. The molecule has 1 atom stereocenters. The van der Waals surface area contributed by atoms with Crippen LogP contribution in [0, 0.1) is 0 Å². The summed E-state index contributed by atoms with van der Waals surface area (Å²) in [7, 11) is 0.955. The van der Waals surface area contributed by atoms with Crippen molar-refractivity contribution in [2.24, 2.45) is 0 Å². The van der Waals surface area contributed by atoms with Crippen LogP contribution in [0.25, 0.3) is 0 Å². The van der Waals surface area contributed by atoms with Gasteiger partial charge in [-0.1, -0.05) is 41.4 Å². The molecule has 3 aromatic carbocycles. The quantitative estimate of drug-likeness (QED) is 0.394. The van der Waals surface area contributed by atoms with E-state index < -0.39 is 21.3 Å². The van der Waals surface area contributed by atoms with Crippen molar-refractivity contribution in [3.8, 4) is 0 Å². The minimum absolute atomic E-state index is 0.00579. The molecule has 0 aromatic heterocycles. The first-order valence-corrected chi connectivity index (χ1v) is 14.6. The largest absolute Gasteiger partial charge is 0.325 e. The number of nitrogens with zero attached hydrogens (tertiary/aromatic N) is 3. The Bertz CT molecular complexity index is 1540. The summed E-state index contributed by atoms with van der Waals surface area (Å²) in [5.41, 5.74) is 0.179. The molecule has 4 rings (SSSR count). The molecule has 8 nitrogen and oxygen atoms in total. The van der Waals surface area contributed by atoms with E-state index in [0.717, 1.165) is 0 Å². The van der Waals surface area contributed by atoms with Gasteiger partial charge in [-0.25, -0.2) is 13.2 Å². The van der Waals surface area contributed by atoms with Crippen LogP contribution < -0.4 is 10.2 Å². The lowest BCUT2D eigenvalue weighted by Gasteiger charge is -2.35. The van der Waals surface area contributed by atoms with Gasteiger partial charge in [0.15, 0.2) is 5.54 Å². The molecule has 1 heterocycles. The summed E-state index contributed by atoms with van der Waals surface area (Å²) < 4.78 is 27.8. The van der Waals surface area contributed by atoms with Gasteiger partial charge in [-0.05, 0) is 70.4 Å². The van der Waals surface area contributed by atoms with E-state index in [1.807, 2.05) is 13.8 Å².